The number of piperazine rings is 1. The second-order valence-corrected chi connectivity index (χ2v) is 8.01. The molecule has 7 heteroatoms. The summed E-state index contributed by atoms with van der Waals surface area (Å²) in [5.41, 5.74) is 3.94. The van der Waals surface area contributed by atoms with Crippen molar-refractivity contribution in [3.05, 3.63) is 64.5 Å². The molecule has 0 unspecified atom stereocenters. The number of thiazole rings is 1. The zero-order valence-electron chi connectivity index (χ0n) is 15.6. The number of hydrogen-bond donors (Lipinski definition) is 1. The number of nitrogens with zero attached hydrogens (tertiary/aromatic N) is 3. The van der Waals surface area contributed by atoms with Crippen molar-refractivity contribution in [3.63, 3.8) is 0 Å². The summed E-state index contributed by atoms with van der Waals surface area (Å²) in [6.07, 6.45) is 0. The van der Waals surface area contributed by atoms with Crippen LogP contribution in [-0.2, 0) is 0 Å². The molecule has 1 aliphatic heterocycles. The number of anilines is 2. The van der Waals surface area contributed by atoms with Crippen LogP contribution in [0.5, 0.6) is 0 Å². The van der Waals surface area contributed by atoms with E-state index in [2.05, 4.69) is 15.6 Å². The lowest BCUT2D eigenvalue weighted by Gasteiger charge is -2.34. The number of nitrogens with one attached hydrogen (secondary N) is 1. The van der Waals surface area contributed by atoms with Gasteiger partial charge in [0.05, 0.1) is 5.69 Å². The van der Waals surface area contributed by atoms with Crippen LogP contribution in [0.1, 0.15) is 5.56 Å². The van der Waals surface area contributed by atoms with E-state index < -0.39 is 0 Å². The van der Waals surface area contributed by atoms with Gasteiger partial charge in [0.1, 0.15) is 0 Å². The fraction of sp³-hybridized carbons (Fsp3) is 0.238. The highest BCUT2D eigenvalue weighted by molar-refractivity contribution is 7.14. The van der Waals surface area contributed by atoms with Crippen molar-refractivity contribution in [3.8, 4) is 11.3 Å². The van der Waals surface area contributed by atoms with Crippen molar-refractivity contribution in [2.45, 2.75) is 6.92 Å². The number of carbonyl (C=O) groups is 1. The summed E-state index contributed by atoms with van der Waals surface area (Å²) in [6.45, 7) is 4.89. The Hall–Kier alpha value is -2.57. The summed E-state index contributed by atoms with van der Waals surface area (Å²) in [7, 11) is 0. The van der Waals surface area contributed by atoms with Crippen LogP contribution in [0.2, 0.25) is 5.02 Å². The maximum Gasteiger partial charge on any atom is 0.321 e. The van der Waals surface area contributed by atoms with Crippen LogP contribution in [0.4, 0.5) is 15.6 Å². The molecular weight excluding hydrogens is 392 g/mol. The minimum Gasteiger partial charge on any atom is -0.345 e. The van der Waals surface area contributed by atoms with E-state index in [0.717, 1.165) is 45.8 Å². The SMILES string of the molecule is Cc1ccccc1NC(=O)N1CCN(c2nc(-c3ccc(Cl)cc3)cs2)CC1. The lowest BCUT2D eigenvalue weighted by molar-refractivity contribution is 0.208. The first-order valence-corrected chi connectivity index (χ1v) is 10.4. The molecule has 28 heavy (non-hydrogen) atoms. The van der Waals surface area contributed by atoms with E-state index in [1.165, 1.54) is 0 Å². The van der Waals surface area contributed by atoms with E-state index in [4.69, 9.17) is 16.6 Å². The molecule has 144 valence electrons. The number of benzene rings is 2. The van der Waals surface area contributed by atoms with Gasteiger partial charge in [0.25, 0.3) is 0 Å². The number of aryl methyl sites for hydroxylation is 1. The molecule has 0 saturated carbocycles. The Morgan fingerprint density at radius 3 is 2.50 bits per heavy atom. The van der Waals surface area contributed by atoms with Gasteiger partial charge in [0.15, 0.2) is 5.13 Å². The number of rotatable bonds is 3. The molecule has 2 amide bonds. The summed E-state index contributed by atoms with van der Waals surface area (Å²) in [4.78, 5) is 21.4. The van der Waals surface area contributed by atoms with Gasteiger partial charge in [-0.1, -0.05) is 41.9 Å². The van der Waals surface area contributed by atoms with E-state index in [0.29, 0.717) is 13.1 Å². The van der Waals surface area contributed by atoms with Crippen molar-refractivity contribution in [2.75, 3.05) is 36.4 Å². The first-order valence-electron chi connectivity index (χ1n) is 9.18. The Balaban J connectivity index is 1.36. The average Bonchev–Trinajstić information content (AvgIpc) is 3.20. The van der Waals surface area contributed by atoms with E-state index in [1.54, 1.807) is 11.3 Å². The number of para-hydroxylation sites is 1. The molecule has 0 spiro atoms. The third kappa shape index (κ3) is 4.13. The fourth-order valence-corrected chi connectivity index (χ4v) is 4.19. The number of amides is 2. The Labute approximate surface area is 173 Å². The van der Waals surface area contributed by atoms with Crippen molar-refractivity contribution in [2.24, 2.45) is 0 Å². The van der Waals surface area contributed by atoms with Gasteiger partial charge < -0.3 is 15.1 Å². The molecule has 0 atom stereocenters. The smallest absolute Gasteiger partial charge is 0.321 e. The molecule has 0 bridgehead atoms. The van der Waals surface area contributed by atoms with Crippen LogP contribution >= 0.6 is 22.9 Å². The Morgan fingerprint density at radius 1 is 1.07 bits per heavy atom. The summed E-state index contributed by atoms with van der Waals surface area (Å²) in [5, 5.41) is 6.79. The monoisotopic (exact) mass is 412 g/mol. The summed E-state index contributed by atoms with van der Waals surface area (Å²) in [6, 6.07) is 15.5. The highest BCUT2D eigenvalue weighted by atomic mass is 35.5. The van der Waals surface area contributed by atoms with Crippen LogP contribution in [0.15, 0.2) is 53.9 Å². The number of urea groups is 1. The molecule has 2 heterocycles. The Kier molecular flexibility index (Phi) is 5.50. The van der Waals surface area contributed by atoms with E-state index in [1.807, 2.05) is 60.4 Å². The maximum atomic E-state index is 12.6. The third-order valence-corrected chi connectivity index (χ3v) is 6.01. The second kappa shape index (κ2) is 8.20. The summed E-state index contributed by atoms with van der Waals surface area (Å²) < 4.78 is 0. The Morgan fingerprint density at radius 2 is 1.79 bits per heavy atom. The fourth-order valence-electron chi connectivity index (χ4n) is 3.17. The van der Waals surface area contributed by atoms with E-state index >= 15 is 0 Å². The van der Waals surface area contributed by atoms with Crippen molar-refractivity contribution in [1.29, 1.82) is 0 Å². The molecule has 2 aromatic carbocycles. The minimum atomic E-state index is -0.0463. The standard InChI is InChI=1S/C21H21ClN4OS/c1-15-4-2-3-5-18(15)23-20(27)25-10-12-26(13-11-25)21-24-19(14-28-21)16-6-8-17(22)9-7-16/h2-9,14H,10-13H2,1H3,(H,23,27). The van der Waals surface area contributed by atoms with Gasteiger partial charge in [-0.3, -0.25) is 0 Å². The second-order valence-electron chi connectivity index (χ2n) is 6.74. The van der Waals surface area contributed by atoms with Gasteiger partial charge in [0.2, 0.25) is 0 Å². The molecule has 1 saturated heterocycles. The van der Waals surface area contributed by atoms with Crippen molar-refractivity contribution in [1.82, 2.24) is 9.88 Å². The van der Waals surface area contributed by atoms with Crippen LogP contribution in [0, 0.1) is 6.92 Å². The zero-order valence-corrected chi connectivity index (χ0v) is 17.1. The van der Waals surface area contributed by atoms with Crippen LogP contribution in [-0.4, -0.2) is 42.1 Å². The van der Waals surface area contributed by atoms with Gasteiger partial charge in [-0.05, 0) is 30.7 Å². The topological polar surface area (TPSA) is 48.5 Å². The first-order chi connectivity index (χ1) is 13.6. The lowest BCUT2D eigenvalue weighted by atomic mass is 10.2. The summed E-state index contributed by atoms with van der Waals surface area (Å²) >= 11 is 7.59. The molecule has 1 aromatic heterocycles. The quantitative estimate of drug-likeness (QED) is 0.649. The first kappa shape index (κ1) is 18.8. The lowest BCUT2D eigenvalue weighted by Crippen LogP contribution is -2.50. The molecule has 0 aliphatic carbocycles. The normalized spacial score (nSPS) is 14.2. The molecule has 5 nitrogen and oxygen atoms in total. The minimum absolute atomic E-state index is 0.0463. The molecular formula is C21H21ClN4OS. The van der Waals surface area contributed by atoms with Crippen LogP contribution in [0.25, 0.3) is 11.3 Å². The molecule has 1 aliphatic rings. The Bertz CT molecular complexity index is 965. The van der Waals surface area contributed by atoms with Gasteiger partial charge in [-0.25, -0.2) is 9.78 Å². The highest BCUT2D eigenvalue weighted by Crippen LogP contribution is 2.29. The molecule has 1 N–H and O–H groups in total. The average molecular weight is 413 g/mol. The van der Waals surface area contributed by atoms with Gasteiger partial charge in [-0.15, -0.1) is 11.3 Å². The number of carbonyl (C=O) groups excluding carboxylic acids is 1. The molecule has 1 fully saturated rings. The summed E-state index contributed by atoms with van der Waals surface area (Å²) in [5.74, 6) is 0. The molecule has 3 aromatic rings. The van der Waals surface area contributed by atoms with Crippen LogP contribution in [0.3, 0.4) is 0 Å². The van der Waals surface area contributed by atoms with Gasteiger partial charge >= 0.3 is 6.03 Å². The number of halogens is 1. The van der Waals surface area contributed by atoms with E-state index in [9.17, 15) is 4.79 Å². The third-order valence-electron chi connectivity index (χ3n) is 4.86. The maximum absolute atomic E-state index is 12.6. The highest BCUT2D eigenvalue weighted by Gasteiger charge is 2.23. The molecule has 0 radical (unpaired) electrons. The number of hydrogen-bond acceptors (Lipinski definition) is 4. The van der Waals surface area contributed by atoms with Gasteiger partial charge in [-0.2, -0.15) is 0 Å². The predicted molar refractivity (Wildman–Crippen MR) is 117 cm³/mol. The number of aromatic nitrogens is 1. The van der Waals surface area contributed by atoms with Crippen LogP contribution < -0.4 is 10.2 Å². The van der Waals surface area contributed by atoms with Crippen molar-refractivity contribution >= 4 is 39.8 Å². The molecule has 4 rings (SSSR count). The van der Waals surface area contributed by atoms with E-state index in [-0.39, 0.29) is 6.03 Å². The largest absolute Gasteiger partial charge is 0.345 e. The van der Waals surface area contributed by atoms with Gasteiger partial charge in [0, 0.05) is 47.8 Å². The van der Waals surface area contributed by atoms with Crippen molar-refractivity contribution < 1.29 is 4.79 Å². The zero-order chi connectivity index (χ0) is 19.5. The predicted octanol–water partition coefficient (Wildman–Crippen LogP) is 5.13.